The number of aromatic nitrogens is 1. The lowest BCUT2D eigenvalue weighted by Crippen LogP contribution is -2.15. The smallest absolute Gasteiger partial charge is 0.235 e. The summed E-state index contributed by atoms with van der Waals surface area (Å²) < 4.78 is 0. The maximum Gasteiger partial charge on any atom is 0.235 e. The third kappa shape index (κ3) is 4.52. The van der Waals surface area contributed by atoms with E-state index >= 15 is 0 Å². The highest BCUT2D eigenvalue weighted by Gasteiger charge is 2.08. The van der Waals surface area contributed by atoms with Crippen LogP contribution in [0.5, 0.6) is 0 Å². The molecular formula is C14H13Cl2N3OS. The summed E-state index contributed by atoms with van der Waals surface area (Å²) in [5, 5.41) is 3.38. The van der Waals surface area contributed by atoms with Gasteiger partial charge in [-0.05, 0) is 36.8 Å². The Hall–Kier alpha value is -1.43. The van der Waals surface area contributed by atoms with Crippen LogP contribution in [0, 0.1) is 6.92 Å². The van der Waals surface area contributed by atoms with Crippen molar-refractivity contribution in [3.8, 4) is 0 Å². The Labute approximate surface area is 137 Å². The zero-order valence-corrected chi connectivity index (χ0v) is 13.5. The molecule has 110 valence electrons. The molecule has 1 amide bonds. The number of nitrogens with one attached hydrogen (secondary N) is 1. The van der Waals surface area contributed by atoms with Crippen LogP contribution in [-0.2, 0) is 4.79 Å². The molecule has 2 rings (SSSR count). The molecule has 7 heteroatoms. The number of amides is 1. The Bertz CT molecular complexity index is 679. The molecule has 21 heavy (non-hydrogen) atoms. The van der Waals surface area contributed by atoms with Gasteiger partial charge >= 0.3 is 0 Å². The van der Waals surface area contributed by atoms with Gasteiger partial charge < -0.3 is 11.1 Å². The number of nitrogen functional groups attached to an aromatic ring is 1. The van der Waals surface area contributed by atoms with Crippen molar-refractivity contribution in [2.24, 2.45) is 0 Å². The van der Waals surface area contributed by atoms with Crippen LogP contribution in [0.4, 0.5) is 11.5 Å². The lowest BCUT2D eigenvalue weighted by atomic mass is 10.2. The first-order valence-corrected chi connectivity index (χ1v) is 7.79. The number of rotatable bonds is 4. The molecule has 0 bridgehead atoms. The summed E-state index contributed by atoms with van der Waals surface area (Å²) in [5.41, 5.74) is 7.48. The van der Waals surface area contributed by atoms with Gasteiger partial charge in [0.1, 0.15) is 0 Å². The van der Waals surface area contributed by atoms with E-state index in [0.29, 0.717) is 15.9 Å². The minimum Gasteiger partial charge on any atom is -0.399 e. The number of nitrogens with two attached hydrogens (primary N) is 1. The normalized spacial score (nSPS) is 10.4. The highest BCUT2D eigenvalue weighted by Crippen LogP contribution is 2.24. The number of thioether (sulfide) groups is 1. The van der Waals surface area contributed by atoms with Gasteiger partial charge in [0.15, 0.2) is 5.82 Å². The molecule has 0 saturated carbocycles. The van der Waals surface area contributed by atoms with Crippen molar-refractivity contribution in [3.63, 3.8) is 0 Å². The summed E-state index contributed by atoms with van der Waals surface area (Å²) in [5.74, 6) is 0.371. The Balaban J connectivity index is 1.94. The summed E-state index contributed by atoms with van der Waals surface area (Å²) in [7, 11) is 0. The number of aryl methyl sites for hydroxylation is 1. The fourth-order valence-corrected chi connectivity index (χ4v) is 2.78. The summed E-state index contributed by atoms with van der Waals surface area (Å²) in [6.07, 6.45) is 1.43. The van der Waals surface area contributed by atoms with Crippen molar-refractivity contribution < 1.29 is 4.79 Å². The van der Waals surface area contributed by atoms with Gasteiger partial charge in [-0.3, -0.25) is 4.79 Å². The zero-order valence-electron chi connectivity index (χ0n) is 11.2. The van der Waals surface area contributed by atoms with Gasteiger partial charge in [-0.15, -0.1) is 11.8 Å². The van der Waals surface area contributed by atoms with Crippen LogP contribution in [0.3, 0.4) is 0 Å². The van der Waals surface area contributed by atoms with E-state index in [0.717, 1.165) is 16.1 Å². The van der Waals surface area contributed by atoms with E-state index in [1.54, 1.807) is 0 Å². The van der Waals surface area contributed by atoms with Crippen LogP contribution in [0.15, 0.2) is 35.4 Å². The van der Waals surface area contributed by atoms with Gasteiger partial charge in [0, 0.05) is 16.8 Å². The van der Waals surface area contributed by atoms with E-state index in [1.165, 1.54) is 24.0 Å². The quantitative estimate of drug-likeness (QED) is 0.651. The topological polar surface area (TPSA) is 68.0 Å². The van der Waals surface area contributed by atoms with Crippen LogP contribution < -0.4 is 11.1 Å². The van der Waals surface area contributed by atoms with E-state index in [9.17, 15) is 4.79 Å². The molecule has 0 unspecified atom stereocenters. The van der Waals surface area contributed by atoms with Crippen LogP contribution >= 0.6 is 35.0 Å². The molecule has 4 nitrogen and oxygen atoms in total. The third-order valence-electron chi connectivity index (χ3n) is 2.68. The van der Waals surface area contributed by atoms with Crippen LogP contribution in [0.25, 0.3) is 0 Å². The van der Waals surface area contributed by atoms with Gasteiger partial charge in [0.25, 0.3) is 0 Å². The lowest BCUT2D eigenvalue weighted by Gasteiger charge is -2.07. The lowest BCUT2D eigenvalue weighted by molar-refractivity contribution is -0.113. The fourth-order valence-electron chi connectivity index (χ4n) is 1.56. The SMILES string of the molecule is Cc1cc(SCC(=O)Nc2ncc(Cl)cc2Cl)ccc1N. The Morgan fingerprint density at radius 3 is 2.81 bits per heavy atom. The van der Waals surface area contributed by atoms with E-state index < -0.39 is 0 Å². The zero-order chi connectivity index (χ0) is 15.4. The maximum atomic E-state index is 11.9. The fraction of sp³-hybridized carbons (Fsp3) is 0.143. The monoisotopic (exact) mass is 341 g/mol. The predicted octanol–water partition coefficient (Wildman–Crippen LogP) is 4.01. The standard InChI is InChI=1S/C14H13Cl2N3OS/c1-8-4-10(2-3-12(8)17)21-7-13(20)19-14-11(16)5-9(15)6-18-14/h2-6H,7,17H2,1H3,(H,18,19,20). The number of carbonyl (C=O) groups excluding carboxylic acids is 1. The van der Waals surface area contributed by atoms with Gasteiger partial charge in [-0.2, -0.15) is 0 Å². The molecule has 0 radical (unpaired) electrons. The molecule has 0 fully saturated rings. The van der Waals surface area contributed by atoms with Crippen molar-refractivity contribution in [3.05, 3.63) is 46.1 Å². The molecular weight excluding hydrogens is 329 g/mol. The summed E-state index contributed by atoms with van der Waals surface area (Å²) >= 11 is 13.1. The molecule has 0 aliphatic carbocycles. The number of hydrogen-bond acceptors (Lipinski definition) is 4. The number of carbonyl (C=O) groups is 1. The average Bonchev–Trinajstić information content (AvgIpc) is 2.43. The molecule has 0 aliphatic heterocycles. The first-order chi connectivity index (χ1) is 9.95. The van der Waals surface area contributed by atoms with Crippen molar-refractivity contribution in [1.29, 1.82) is 0 Å². The molecule has 1 aromatic carbocycles. The highest BCUT2D eigenvalue weighted by molar-refractivity contribution is 8.00. The Kier molecular flexibility index (Phi) is 5.33. The summed E-state index contributed by atoms with van der Waals surface area (Å²) in [6.45, 7) is 1.93. The summed E-state index contributed by atoms with van der Waals surface area (Å²) in [6, 6.07) is 7.18. The van der Waals surface area contributed by atoms with Crippen molar-refractivity contribution in [1.82, 2.24) is 4.98 Å². The van der Waals surface area contributed by atoms with E-state index in [1.807, 2.05) is 25.1 Å². The van der Waals surface area contributed by atoms with Gasteiger partial charge in [0.2, 0.25) is 5.91 Å². The molecule has 1 aromatic heterocycles. The van der Waals surface area contributed by atoms with E-state index in [4.69, 9.17) is 28.9 Å². The number of halogens is 2. The second kappa shape index (κ2) is 7.02. The number of benzene rings is 1. The Morgan fingerprint density at radius 1 is 1.38 bits per heavy atom. The van der Waals surface area contributed by atoms with Gasteiger partial charge in [-0.25, -0.2) is 4.98 Å². The van der Waals surface area contributed by atoms with Crippen LogP contribution in [-0.4, -0.2) is 16.6 Å². The minimum atomic E-state index is -0.189. The molecule has 1 heterocycles. The minimum absolute atomic E-state index is 0.189. The van der Waals surface area contributed by atoms with Crippen LogP contribution in [0.2, 0.25) is 10.0 Å². The maximum absolute atomic E-state index is 11.9. The third-order valence-corrected chi connectivity index (χ3v) is 4.17. The van der Waals surface area contributed by atoms with Crippen molar-refractivity contribution in [2.45, 2.75) is 11.8 Å². The molecule has 3 N–H and O–H groups in total. The molecule has 2 aromatic rings. The van der Waals surface area contributed by atoms with Crippen molar-refractivity contribution in [2.75, 3.05) is 16.8 Å². The van der Waals surface area contributed by atoms with Crippen LogP contribution in [0.1, 0.15) is 5.56 Å². The highest BCUT2D eigenvalue weighted by atomic mass is 35.5. The number of hydrogen-bond donors (Lipinski definition) is 2. The Morgan fingerprint density at radius 2 is 2.14 bits per heavy atom. The first kappa shape index (κ1) is 15.9. The number of pyridine rings is 1. The molecule has 0 spiro atoms. The van der Waals surface area contributed by atoms with E-state index in [-0.39, 0.29) is 11.7 Å². The second-order valence-electron chi connectivity index (χ2n) is 4.34. The largest absolute Gasteiger partial charge is 0.399 e. The van der Waals surface area contributed by atoms with Gasteiger partial charge in [0.05, 0.1) is 15.8 Å². The number of nitrogens with zero attached hydrogens (tertiary/aromatic N) is 1. The molecule has 0 aliphatic rings. The summed E-state index contributed by atoms with van der Waals surface area (Å²) in [4.78, 5) is 16.8. The molecule has 0 atom stereocenters. The average molecular weight is 342 g/mol. The second-order valence-corrected chi connectivity index (χ2v) is 6.23. The number of anilines is 2. The molecule has 0 saturated heterocycles. The van der Waals surface area contributed by atoms with Crippen molar-refractivity contribution >= 4 is 52.4 Å². The first-order valence-electron chi connectivity index (χ1n) is 6.05. The van der Waals surface area contributed by atoms with Gasteiger partial charge in [-0.1, -0.05) is 23.2 Å². The predicted molar refractivity (Wildman–Crippen MR) is 89.2 cm³/mol. The van der Waals surface area contributed by atoms with E-state index in [2.05, 4.69) is 10.3 Å².